The number of methoxy groups -OCH3 is 1. The fourth-order valence-corrected chi connectivity index (χ4v) is 3.26. The summed E-state index contributed by atoms with van der Waals surface area (Å²) in [5.41, 5.74) is 1.59. The second-order valence-electron chi connectivity index (χ2n) is 6.37. The predicted molar refractivity (Wildman–Crippen MR) is 109 cm³/mol. The molecule has 1 aliphatic rings. The Morgan fingerprint density at radius 1 is 0.862 bits per heavy atom. The Bertz CT molecular complexity index is 1130. The Hall–Kier alpha value is -3.93. The van der Waals surface area contributed by atoms with E-state index >= 15 is 0 Å². The summed E-state index contributed by atoms with van der Waals surface area (Å²) in [4.78, 5) is 27.7. The fraction of sp³-hybridized carbons (Fsp3) is 0.0435. The molecule has 0 saturated carbocycles. The molecule has 0 unspecified atom stereocenters. The van der Waals surface area contributed by atoms with Gasteiger partial charge >= 0.3 is 0 Å². The van der Waals surface area contributed by atoms with E-state index in [-0.39, 0.29) is 11.3 Å². The third-order valence-corrected chi connectivity index (χ3v) is 4.57. The molecule has 29 heavy (non-hydrogen) atoms. The van der Waals surface area contributed by atoms with Gasteiger partial charge < -0.3 is 10.1 Å². The molecule has 0 aromatic heterocycles. The van der Waals surface area contributed by atoms with Crippen molar-refractivity contribution in [1.29, 1.82) is 0 Å². The predicted octanol–water partition coefficient (Wildman–Crippen LogP) is 4.23. The van der Waals surface area contributed by atoms with Crippen LogP contribution in [-0.2, 0) is 9.59 Å². The lowest BCUT2D eigenvalue weighted by Crippen LogP contribution is -2.32. The van der Waals surface area contributed by atoms with Gasteiger partial charge in [0.1, 0.15) is 17.3 Å². The quantitative estimate of drug-likeness (QED) is 0.665. The van der Waals surface area contributed by atoms with E-state index in [9.17, 15) is 14.0 Å². The standard InChI is InChI=1S/C23H17FN2O3/c1-29-19-13-6-5-12-18(19)26-22(27)20(15-8-3-2-4-9-15)21(23(26)28)25-17-11-7-10-16(24)14-17/h2-14,25H,1H3. The van der Waals surface area contributed by atoms with Crippen LogP contribution in [0.5, 0.6) is 5.75 Å². The molecule has 3 aromatic carbocycles. The number of carbonyl (C=O) groups excluding carboxylic acids is 2. The van der Waals surface area contributed by atoms with Crippen LogP contribution in [0.15, 0.2) is 84.6 Å². The smallest absolute Gasteiger partial charge is 0.282 e. The maximum absolute atomic E-state index is 13.6. The Morgan fingerprint density at radius 2 is 1.59 bits per heavy atom. The van der Waals surface area contributed by atoms with E-state index in [2.05, 4.69) is 5.32 Å². The maximum atomic E-state index is 13.6. The number of halogens is 1. The second kappa shape index (κ2) is 7.59. The largest absolute Gasteiger partial charge is 0.495 e. The molecule has 1 heterocycles. The van der Waals surface area contributed by atoms with Gasteiger partial charge in [-0.05, 0) is 35.9 Å². The van der Waals surface area contributed by atoms with Gasteiger partial charge in [-0.15, -0.1) is 0 Å². The number of ether oxygens (including phenoxy) is 1. The van der Waals surface area contributed by atoms with Gasteiger partial charge in [-0.2, -0.15) is 0 Å². The number of nitrogens with one attached hydrogen (secondary N) is 1. The number of benzene rings is 3. The minimum absolute atomic E-state index is 0.0812. The van der Waals surface area contributed by atoms with Gasteiger partial charge in [0.25, 0.3) is 11.8 Å². The fourth-order valence-electron chi connectivity index (χ4n) is 3.26. The number of anilines is 2. The first-order valence-corrected chi connectivity index (χ1v) is 8.94. The van der Waals surface area contributed by atoms with Crippen molar-refractivity contribution < 1.29 is 18.7 Å². The number of amides is 2. The SMILES string of the molecule is COc1ccccc1N1C(=O)C(Nc2cccc(F)c2)=C(c2ccccc2)C1=O. The Labute approximate surface area is 167 Å². The molecule has 6 heteroatoms. The summed E-state index contributed by atoms with van der Waals surface area (Å²) < 4.78 is 19.0. The van der Waals surface area contributed by atoms with E-state index in [1.54, 1.807) is 54.6 Å². The lowest BCUT2D eigenvalue weighted by molar-refractivity contribution is -0.120. The highest BCUT2D eigenvalue weighted by molar-refractivity contribution is 6.46. The lowest BCUT2D eigenvalue weighted by Gasteiger charge is -2.18. The zero-order valence-corrected chi connectivity index (χ0v) is 15.6. The minimum atomic E-state index is -0.539. The van der Waals surface area contributed by atoms with Crippen LogP contribution >= 0.6 is 0 Å². The van der Waals surface area contributed by atoms with E-state index in [4.69, 9.17) is 4.74 Å². The van der Waals surface area contributed by atoms with Crippen molar-refractivity contribution in [3.05, 3.63) is 95.9 Å². The second-order valence-corrected chi connectivity index (χ2v) is 6.37. The summed E-state index contributed by atoms with van der Waals surface area (Å²) in [5, 5.41) is 2.93. The van der Waals surface area contributed by atoms with Crippen LogP contribution in [0.25, 0.3) is 5.57 Å². The van der Waals surface area contributed by atoms with Crippen LogP contribution < -0.4 is 15.0 Å². The molecule has 0 aliphatic carbocycles. The first-order valence-electron chi connectivity index (χ1n) is 8.94. The van der Waals surface area contributed by atoms with Crippen molar-refractivity contribution in [2.24, 2.45) is 0 Å². The molecule has 0 saturated heterocycles. The van der Waals surface area contributed by atoms with E-state index in [0.717, 1.165) is 4.90 Å². The summed E-state index contributed by atoms with van der Waals surface area (Å²) in [5.74, 6) is -1.07. The van der Waals surface area contributed by atoms with Crippen LogP contribution in [0.3, 0.4) is 0 Å². The van der Waals surface area contributed by atoms with Gasteiger partial charge in [0.15, 0.2) is 0 Å². The number of rotatable bonds is 5. The molecule has 3 aromatic rings. The number of hydrogen-bond donors (Lipinski definition) is 1. The maximum Gasteiger partial charge on any atom is 0.282 e. The number of carbonyl (C=O) groups is 2. The van der Waals surface area contributed by atoms with Gasteiger partial charge in [0.05, 0.1) is 18.4 Å². The summed E-state index contributed by atoms with van der Waals surface area (Å²) in [6, 6.07) is 21.4. The zero-order valence-electron chi connectivity index (χ0n) is 15.6. The zero-order chi connectivity index (χ0) is 20.4. The van der Waals surface area contributed by atoms with E-state index < -0.39 is 17.6 Å². The highest BCUT2D eigenvalue weighted by Crippen LogP contribution is 2.37. The topological polar surface area (TPSA) is 58.6 Å². The van der Waals surface area contributed by atoms with Crippen LogP contribution in [0.4, 0.5) is 15.8 Å². The van der Waals surface area contributed by atoms with Gasteiger partial charge in [-0.1, -0.05) is 48.5 Å². The highest BCUT2D eigenvalue weighted by Gasteiger charge is 2.41. The Morgan fingerprint density at radius 3 is 2.31 bits per heavy atom. The van der Waals surface area contributed by atoms with E-state index in [1.807, 2.05) is 6.07 Å². The normalized spacial score (nSPS) is 13.8. The number of para-hydroxylation sites is 2. The minimum Gasteiger partial charge on any atom is -0.495 e. The third kappa shape index (κ3) is 3.36. The summed E-state index contributed by atoms with van der Waals surface area (Å²) in [6.45, 7) is 0. The first kappa shape index (κ1) is 18.4. The van der Waals surface area contributed by atoms with Crippen molar-refractivity contribution >= 4 is 28.8 Å². The number of imide groups is 1. The molecule has 5 nitrogen and oxygen atoms in total. The molecule has 4 rings (SSSR count). The van der Waals surface area contributed by atoms with Crippen LogP contribution in [0, 0.1) is 5.82 Å². The Kier molecular flexibility index (Phi) is 4.83. The van der Waals surface area contributed by atoms with Crippen LogP contribution in [0.1, 0.15) is 5.56 Å². The molecular weight excluding hydrogens is 371 g/mol. The molecular formula is C23H17FN2O3. The summed E-state index contributed by atoms with van der Waals surface area (Å²) in [6.07, 6.45) is 0. The summed E-state index contributed by atoms with van der Waals surface area (Å²) in [7, 11) is 1.47. The first-order chi connectivity index (χ1) is 14.1. The molecule has 0 radical (unpaired) electrons. The molecule has 144 valence electrons. The molecule has 0 bridgehead atoms. The average molecular weight is 388 g/mol. The molecule has 1 aliphatic heterocycles. The molecule has 2 amide bonds. The molecule has 1 N–H and O–H groups in total. The molecule has 0 fully saturated rings. The van der Waals surface area contributed by atoms with Gasteiger partial charge in [0, 0.05) is 5.69 Å². The van der Waals surface area contributed by atoms with Crippen molar-refractivity contribution in [1.82, 2.24) is 0 Å². The lowest BCUT2D eigenvalue weighted by atomic mass is 10.0. The molecule has 0 atom stereocenters. The molecule has 0 spiro atoms. The highest BCUT2D eigenvalue weighted by atomic mass is 19.1. The average Bonchev–Trinajstić information content (AvgIpc) is 2.98. The number of nitrogens with zero attached hydrogens (tertiary/aromatic N) is 1. The van der Waals surface area contributed by atoms with Crippen molar-refractivity contribution in [2.75, 3.05) is 17.3 Å². The van der Waals surface area contributed by atoms with Crippen molar-refractivity contribution in [3.8, 4) is 5.75 Å². The van der Waals surface area contributed by atoms with Crippen molar-refractivity contribution in [2.45, 2.75) is 0 Å². The van der Waals surface area contributed by atoms with Crippen molar-refractivity contribution in [3.63, 3.8) is 0 Å². The van der Waals surface area contributed by atoms with Gasteiger partial charge in [-0.3, -0.25) is 9.59 Å². The van der Waals surface area contributed by atoms with E-state index in [0.29, 0.717) is 22.7 Å². The van der Waals surface area contributed by atoms with Crippen LogP contribution in [-0.4, -0.2) is 18.9 Å². The number of hydrogen-bond acceptors (Lipinski definition) is 4. The monoisotopic (exact) mass is 388 g/mol. The summed E-state index contributed by atoms with van der Waals surface area (Å²) >= 11 is 0. The van der Waals surface area contributed by atoms with Gasteiger partial charge in [-0.25, -0.2) is 9.29 Å². The van der Waals surface area contributed by atoms with E-state index in [1.165, 1.54) is 25.3 Å². The third-order valence-electron chi connectivity index (χ3n) is 4.57. The Balaban J connectivity index is 1.84. The van der Waals surface area contributed by atoms with Crippen LogP contribution in [0.2, 0.25) is 0 Å². The van der Waals surface area contributed by atoms with Gasteiger partial charge in [0.2, 0.25) is 0 Å².